The largest absolute Gasteiger partial charge is 0.341 e. The van der Waals surface area contributed by atoms with Gasteiger partial charge in [0.15, 0.2) is 4.77 Å². The molecule has 84 valence electrons. The van der Waals surface area contributed by atoms with Gasteiger partial charge in [0.2, 0.25) is 5.95 Å². The molecule has 2 rings (SSSR count). The molecule has 1 aliphatic carbocycles. The summed E-state index contributed by atoms with van der Waals surface area (Å²) in [6.07, 6.45) is 4.98. The molecule has 0 unspecified atom stereocenters. The predicted octanol–water partition coefficient (Wildman–Crippen LogP) is 2.34. The van der Waals surface area contributed by atoms with Crippen molar-refractivity contribution in [3.05, 3.63) is 4.77 Å². The first-order valence-corrected chi connectivity index (χ1v) is 6.03. The Morgan fingerprint density at radius 1 is 1.60 bits per heavy atom. The summed E-state index contributed by atoms with van der Waals surface area (Å²) >= 11 is 5.22. The summed E-state index contributed by atoms with van der Waals surface area (Å²) in [5, 5.41) is 7.19. The average Bonchev–Trinajstić information content (AvgIpc) is 2.46. The average molecular weight is 226 g/mol. The van der Waals surface area contributed by atoms with Crippen molar-refractivity contribution in [2.24, 2.45) is 0 Å². The van der Waals surface area contributed by atoms with E-state index in [1.54, 1.807) is 0 Å². The van der Waals surface area contributed by atoms with Gasteiger partial charge in [0.1, 0.15) is 0 Å². The smallest absolute Gasteiger partial charge is 0.225 e. The van der Waals surface area contributed by atoms with Gasteiger partial charge < -0.3 is 4.90 Å². The number of hydrogen-bond donors (Lipinski definition) is 1. The van der Waals surface area contributed by atoms with E-state index in [1.165, 1.54) is 19.3 Å². The van der Waals surface area contributed by atoms with Gasteiger partial charge in [-0.25, -0.2) is 5.10 Å². The number of H-pyrrole nitrogens is 1. The van der Waals surface area contributed by atoms with Crippen molar-refractivity contribution in [2.45, 2.75) is 45.2 Å². The summed E-state index contributed by atoms with van der Waals surface area (Å²) in [6.45, 7) is 3.10. The number of hydrogen-bond acceptors (Lipinski definition) is 3. The van der Waals surface area contributed by atoms with E-state index in [4.69, 9.17) is 12.2 Å². The van der Waals surface area contributed by atoms with Crippen LogP contribution in [-0.2, 0) is 6.54 Å². The minimum absolute atomic E-state index is 0.658. The lowest BCUT2D eigenvalue weighted by molar-refractivity contribution is 0.393. The van der Waals surface area contributed by atoms with Gasteiger partial charge in [-0.2, -0.15) is 0 Å². The minimum atomic E-state index is 0.658. The van der Waals surface area contributed by atoms with E-state index in [-0.39, 0.29) is 0 Å². The first-order valence-electron chi connectivity index (χ1n) is 5.62. The first kappa shape index (κ1) is 10.7. The van der Waals surface area contributed by atoms with Crippen molar-refractivity contribution in [3.8, 4) is 0 Å². The highest BCUT2D eigenvalue weighted by Gasteiger charge is 2.25. The molecule has 1 aliphatic rings. The van der Waals surface area contributed by atoms with Crippen LogP contribution >= 0.6 is 12.2 Å². The molecular weight excluding hydrogens is 208 g/mol. The van der Waals surface area contributed by atoms with Crippen LogP contribution in [0.2, 0.25) is 0 Å². The standard InChI is InChI=1S/C10H18N4S/c1-3-7-14-9(11-12-10(14)15)13(2)8-5-4-6-8/h8H,3-7H2,1-2H3,(H,12,15). The Kier molecular flexibility index (Phi) is 3.09. The van der Waals surface area contributed by atoms with E-state index >= 15 is 0 Å². The maximum Gasteiger partial charge on any atom is 0.225 e. The summed E-state index contributed by atoms with van der Waals surface area (Å²) < 4.78 is 2.83. The quantitative estimate of drug-likeness (QED) is 0.801. The van der Waals surface area contributed by atoms with Crippen LogP contribution in [0.25, 0.3) is 0 Å². The molecule has 1 aromatic rings. The van der Waals surface area contributed by atoms with Crippen LogP contribution in [0.4, 0.5) is 5.95 Å². The number of aromatic nitrogens is 3. The maximum absolute atomic E-state index is 5.22. The van der Waals surface area contributed by atoms with Crippen molar-refractivity contribution in [2.75, 3.05) is 11.9 Å². The summed E-state index contributed by atoms with van der Waals surface area (Å²) in [7, 11) is 2.11. The van der Waals surface area contributed by atoms with Crippen molar-refractivity contribution in [1.82, 2.24) is 14.8 Å². The van der Waals surface area contributed by atoms with E-state index in [9.17, 15) is 0 Å². The zero-order valence-corrected chi connectivity index (χ0v) is 10.2. The molecule has 1 N–H and O–H groups in total. The second-order valence-corrected chi connectivity index (χ2v) is 4.56. The topological polar surface area (TPSA) is 36.9 Å². The number of aromatic amines is 1. The highest BCUT2D eigenvalue weighted by atomic mass is 32.1. The van der Waals surface area contributed by atoms with Gasteiger partial charge >= 0.3 is 0 Å². The Bertz CT molecular complexity index is 377. The van der Waals surface area contributed by atoms with Crippen LogP contribution in [0.3, 0.4) is 0 Å². The molecule has 5 heteroatoms. The van der Waals surface area contributed by atoms with E-state index in [2.05, 4.69) is 33.6 Å². The summed E-state index contributed by atoms with van der Waals surface area (Å²) in [6, 6.07) is 0.658. The lowest BCUT2D eigenvalue weighted by Crippen LogP contribution is -2.38. The molecule has 0 spiro atoms. The van der Waals surface area contributed by atoms with Crippen molar-refractivity contribution < 1.29 is 0 Å². The molecule has 0 amide bonds. The fourth-order valence-electron chi connectivity index (χ4n) is 1.94. The fraction of sp³-hybridized carbons (Fsp3) is 0.800. The second kappa shape index (κ2) is 4.35. The highest BCUT2D eigenvalue weighted by Crippen LogP contribution is 2.27. The van der Waals surface area contributed by atoms with Crippen LogP contribution < -0.4 is 4.90 Å². The molecule has 0 bridgehead atoms. The number of nitrogens with one attached hydrogen (secondary N) is 1. The van der Waals surface area contributed by atoms with Crippen LogP contribution in [0.1, 0.15) is 32.6 Å². The second-order valence-electron chi connectivity index (χ2n) is 4.18. The van der Waals surface area contributed by atoms with Crippen LogP contribution in [0, 0.1) is 4.77 Å². The molecule has 15 heavy (non-hydrogen) atoms. The molecule has 1 aromatic heterocycles. The molecule has 0 radical (unpaired) electrons. The third-order valence-electron chi connectivity index (χ3n) is 3.12. The SMILES string of the molecule is CCCn1c(N(C)C2CCC2)n[nH]c1=S. The molecule has 1 saturated carbocycles. The predicted molar refractivity (Wildman–Crippen MR) is 63.7 cm³/mol. The highest BCUT2D eigenvalue weighted by molar-refractivity contribution is 7.71. The molecule has 0 saturated heterocycles. The van der Waals surface area contributed by atoms with Gasteiger partial charge in [0, 0.05) is 19.6 Å². The molecule has 0 atom stereocenters. The molecule has 4 nitrogen and oxygen atoms in total. The summed E-state index contributed by atoms with van der Waals surface area (Å²) in [5.74, 6) is 0.992. The Balaban J connectivity index is 2.22. The van der Waals surface area contributed by atoms with E-state index in [0.717, 1.165) is 23.7 Å². The molecule has 0 aromatic carbocycles. The van der Waals surface area contributed by atoms with Gasteiger partial charge in [-0.15, -0.1) is 5.10 Å². The summed E-state index contributed by atoms with van der Waals surface area (Å²) in [5.41, 5.74) is 0. The Morgan fingerprint density at radius 2 is 2.33 bits per heavy atom. The Morgan fingerprint density at radius 3 is 2.87 bits per heavy atom. The minimum Gasteiger partial charge on any atom is -0.341 e. The molecular formula is C10H18N4S. The van der Waals surface area contributed by atoms with E-state index < -0.39 is 0 Å². The Labute approximate surface area is 95.3 Å². The van der Waals surface area contributed by atoms with Crippen molar-refractivity contribution >= 4 is 18.2 Å². The van der Waals surface area contributed by atoms with E-state index in [0.29, 0.717) is 6.04 Å². The third-order valence-corrected chi connectivity index (χ3v) is 3.43. The normalized spacial score (nSPS) is 16.4. The van der Waals surface area contributed by atoms with E-state index in [1.807, 2.05) is 0 Å². The number of anilines is 1. The molecule has 1 fully saturated rings. The van der Waals surface area contributed by atoms with Crippen LogP contribution in [0.5, 0.6) is 0 Å². The number of nitrogens with zero attached hydrogens (tertiary/aromatic N) is 3. The van der Waals surface area contributed by atoms with Crippen molar-refractivity contribution in [1.29, 1.82) is 0 Å². The van der Waals surface area contributed by atoms with Gasteiger partial charge in [-0.3, -0.25) is 4.57 Å². The molecule has 0 aliphatic heterocycles. The van der Waals surface area contributed by atoms with Crippen LogP contribution in [-0.4, -0.2) is 27.9 Å². The lowest BCUT2D eigenvalue weighted by Gasteiger charge is -2.35. The van der Waals surface area contributed by atoms with Crippen LogP contribution in [0.15, 0.2) is 0 Å². The zero-order chi connectivity index (χ0) is 10.8. The lowest BCUT2D eigenvalue weighted by atomic mass is 9.92. The first-order chi connectivity index (χ1) is 7.24. The van der Waals surface area contributed by atoms with Gasteiger partial charge in [-0.1, -0.05) is 6.92 Å². The van der Waals surface area contributed by atoms with Gasteiger partial charge in [0.25, 0.3) is 0 Å². The zero-order valence-electron chi connectivity index (χ0n) is 9.36. The molecule has 1 heterocycles. The number of rotatable bonds is 4. The summed E-state index contributed by atoms with van der Waals surface area (Å²) in [4.78, 5) is 2.26. The maximum atomic E-state index is 5.22. The fourth-order valence-corrected chi connectivity index (χ4v) is 2.16. The Hall–Kier alpha value is -0.840. The monoisotopic (exact) mass is 226 g/mol. The van der Waals surface area contributed by atoms with Crippen molar-refractivity contribution in [3.63, 3.8) is 0 Å². The third kappa shape index (κ3) is 1.93. The van der Waals surface area contributed by atoms with Gasteiger partial charge in [-0.05, 0) is 37.9 Å². The van der Waals surface area contributed by atoms with Gasteiger partial charge in [0.05, 0.1) is 0 Å².